The van der Waals surface area contributed by atoms with Crippen LogP contribution in [-0.4, -0.2) is 11.3 Å². The van der Waals surface area contributed by atoms with Gasteiger partial charge in [-0.1, -0.05) is 194 Å². The quantitative estimate of drug-likeness (QED) is 0.146. The van der Waals surface area contributed by atoms with Crippen molar-refractivity contribution in [1.29, 1.82) is 0 Å². The van der Waals surface area contributed by atoms with E-state index in [2.05, 4.69) is 258 Å². The molecule has 0 bridgehead atoms. The molecule has 10 aromatic carbocycles. The molecule has 0 aliphatic carbocycles. The highest BCUT2D eigenvalue weighted by Gasteiger charge is 2.38. The van der Waals surface area contributed by atoms with Crippen molar-refractivity contribution in [1.82, 2.24) is 4.57 Å². The minimum absolute atomic E-state index is 0.0313. The summed E-state index contributed by atoms with van der Waals surface area (Å²) in [6, 6.07) is 91.0. The van der Waals surface area contributed by atoms with E-state index in [1.54, 1.807) is 0 Å². The summed E-state index contributed by atoms with van der Waals surface area (Å²) in [5, 5.41) is 2.54. The molecule has 2 heterocycles. The lowest BCUT2D eigenvalue weighted by atomic mass is 9.33. The first-order valence-electron chi connectivity index (χ1n) is 21.8. The Bertz CT molecular complexity index is 3270. The number of para-hydroxylation sites is 4. The summed E-state index contributed by atoms with van der Waals surface area (Å²) >= 11 is 0. The molecule has 11 aromatic rings. The third kappa shape index (κ3) is 6.28. The van der Waals surface area contributed by atoms with Crippen LogP contribution in [0, 0.1) is 0 Å². The fourth-order valence-electron chi connectivity index (χ4n) is 10.0. The maximum Gasteiger partial charge on any atom is 0.248 e. The number of fused-ring (bicyclic) bond motifs is 5. The SMILES string of the molecule is c1ccc(-c2cc(-c3ccccc3)c(B3c4ccccc4N(c4ccc(-c5ccc(-n6c7ccccc7c7ccccc76)cc5)cc4)c4ccccc43)c(-c3ccccc3)c2)cc1. The highest BCUT2D eigenvalue weighted by atomic mass is 15.1. The van der Waals surface area contributed by atoms with Crippen molar-refractivity contribution < 1.29 is 0 Å². The number of benzene rings is 10. The topological polar surface area (TPSA) is 8.17 Å². The first kappa shape index (κ1) is 36.7. The highest BCUT2D eigenvalue weighted by Crippen LogP contribution is 2.40. The molecule has 0 spiro atoms. The lowest BCUT2D eigenvalue weighted by Gasteiger charge is -2.38. The number of hydrogen-bond acceptors (Lipinski definition) is 1. The number of rotatable bonds is 7. The monoisotopic (exact) mass is 800 g/mol. The standard InChI is InChI=1S/C60H41BN2/c1-4-18-42(19-5-1)47-40-52(45-20-6-2-7-21-45)60(53(41-47)46-22-8-3-9-23-46)61-54-26-12-16-30-58(54)63(59-31-17-13-27-55(59)61)49-38-34-44(35-39-49)43-32-36-48(37-33-43)62-56-28-14-10-24-50(56)51-25-11-15-29-57(51)62/h1-41H. The van der Waals surface area contributed by atoms with Gasteiger partial charge in [0.15, 0.2) is 0 Å². The Morgan fingerprint density at radius 2 is 0.667 bits per heavy atom. The van der Waals surface area contributed by atoms with Crippen molar-refractivity contribution in [2.45, 2.75) is 0 Å². The average Bonchev–Trinajstić information content (AvgIpc) is 3.70. The molecule has 2 nitrogen and oxygen atoms in total. The second kappa shape index (κ2) is 15.4. The van der Waals surface area contributed by atoms with Crippen LogP contribution < -0.4 is 21.3 Å². The van der Waals surface area contributed by atoms with E-state index in [0.29, 0.717) is 0 Å². The lowest BCUT2D eigenvalue weighted by Crippen LogP contribution is -2.58. The Morgan fingerprint density at radius 1 is 0.286 bits per heavy atom. The summed E-state index contributed by atoms with van der Waals surface area (Å²) in [5.74, 6) is 0. The molecule has 1 aliphatic rings. The van der Waals surface area contributed by atoms with Crippen molar-refractivity contribution in [2.75, 3.05) is 4.90 Å². The fraction of sp³-hybridized carbons (Fsp3) is 0. The molecule has 12 rings (SSSR count). The normalized spacial score (nSPS) is 12.1. The third-order valence-corrected chi connectivity index (χ3v) is 12.9. The molecule has 1 aromatic heterocycles. The molecule has 0 atom stereocenters. The maximum absolute atomic E-state index is 2.46. The summed E-state index contributed by atoms with van der Waals surface area (Å²) in [4.78, 5) is 2.46. The molecule has 0 fully saturated rings. The van der Waals surface area contributed by atoms with E-state index in [1.165, 1.54) is 94.1 Å². The molecule has 0 unspecified atom stereocenters. The molecule has 3 heteroatoms. The number of aromatic nitrogens is 1. The number of anilines is 3. The van der Waals surface area contributed by atoms with Gasteiger partial charge >= 0.3 is 0 Å². The van der Waals surface area contributed by atoms with Gasteiger partial charge in [0, 0.05) is 33.5 Å². The van der Waals surface area contributed by atoms with Crippen molar-refractivity contribution in [3.05, 3.63) is 249 Å². The van der Waals surface area contributed by atoms with Crippen LogP contribution in [0.1, 0.15) is 0 Å². The lowest BCUT2D eigenvalue weighted by molar-refractivity contribution is 1.18. The van der Waals surface area contributed by atoms with E-state index in [0.717, 1.165) is 11.4 Å². The van der Waals surface area contributed by atoms with Gasteiger partial charge in [-0.3, -0.25) is 0 Å². The molecule has 0 saturated heterocycles. The molecule has 1 aliphatic heterocycles. The zero-order chi connectivity index (χ0) is 41.7. The Kier molecular flexibility index (Phi) is 8.97. The van der Waals surface area contributed by atoms with Gasteiger partial charge in [0.2, 0.25) is 6.71 Å². The van der Waals surface area contributed by atoms with Crippen LogP contribution in [0.25, 0.3) is 72.0 Å². The summed E-state index contributed by atoms with van der Waals surface area (Å²) in [7, 11) is 0. The Labute approximate surface area is 368 Å². The van der Waals surface area contributed by atoms with E-state index in [1.807, 2.05) is 0 Å². The van der Waals surface area contributed by atoms with Crippen LogP contribution in [0.4, 0.5) is 17.1 Å². The van der Waals surface area contributed by atoms with E-state index in [4.69, 9.17) is 0 Å². The van der Waals surface area contributed by atoms with Crippen LogP contribution >= 0.6 is 0 Å². The van der Waals surface area contributed by atoms with Gasteiger partial charge in [-0.05, 0) is 116 Å². The Hall–Kier alpha value is -8.14. The fourth-order valence-corrected chi connectivity index (χ4v) is 10.0. The van der Waals surface area contributed by atoms with Gasteiger partial charge in [-0.25, -0.2) is 0 Å². The second-order valence-corrected chi connectivity index (χ2v) is 16.4. The van der Waals surface area contributed by atoms with Crippen LogP contribution in [0.3, 0.4) is 0 Å². The minimum Gasteiger partial charge on any atom is -0.312 e. The first-order chi connectivity index (χ1) is 31.3. The average molecular weight is 801 g/mol. The summed E-state index contributed by atoms with van der Waals surface area (Å²) in [6.07, 6.45) is 0. The minimum atomic E-state index is -0.0313. The van der Waals surface area contributed by atoms with Crippen LogP contribution in [0.5, 0.6) is 0 Å². The van der Waals surface area contributed by atoms with Crippen LogP contribution in [-0.2, 0) is 0 Å². The van der Waals surface area contributed by atoms with E-state index in [-0.39, 0.29) is 6.71 Å². The van der Waals surface area contributed by atoms with E-state index in [9.17, 15) is 0 Å². The summed E-state index contributed by atoms with van der Waals surface area (Å²) < 4.78 is 2.37. The first-order valence-corrected chi connectivity index (χ1v) is 21.8. The van der Waals surface area contributed by atoms with Crippen molar-refractivity contribution in [3.8, 4) is 50.2 Å². The molecule has 0 radical (unpaired) electrons. The maximum atomic E-state index is 2.46. The predicted octanol–water partition coefficient (Wildman–Crippen LogP) is 13.8. The molecular weight excluding hydrogens is 759 g/mol. The Balaban J connectivity index is 0.975. The second-order valence-electron chi connectivity index (χ2n) is 16.4. The van der Waals surface area contributed by atoms with Gasteiger partial charge in [0.05, 0.1) is 11.0 Å². The van der Waals surface area contributed by atoms with E-state index < -0.39 is 0 Å². The number of nitrogens with zero attached hydrogens (tertiary/aromatic N) is 2. The molecule has 63 heavy (non-hydrogen) atoms. The van der Waals surface area contributed by atoms with E-state index >= 15 is 0 Å². The van der Waals surface area contributed by atoms with Gasteiger partial charge in [0.25, 0.3) is 0 Å². The molecular formula is C60H41BN2. The predicted molar refractivity (Wildman–Crippen MR) is 268 cm³/mol. The zero-order valence-corrected chi connectivity index (χ0v) is 34.6. The van der Waals surface area contributed by atoms with Crippen LogP contribution in [0.15, 0.2) is 249 Å². The largest absolute Gasteiger partial charge is 0.312 e. The molecule has 0 N–H and O–H groups in total. The van der Waals surface area contributed by atoms with Gasteiger partial charge in [0.1, 0.15) is 0 Å². The van der Waals surface area contributed by atoms with Gasteiger partial charge < -0.3 is 9.47 Å². The zero-order valence-electron chi connectivity index (χ0n) is 34.6. The highest BCUT2D eigenvalue weighted by molar-refractivity contribution is 6.99. The molecule has 0 saturated carbocycles. The van der Waals surface area contributed by atoms with Crippen molar-refractivity contribution in [2.24, 2.45) is 0 Å². The van der Waals surface area contributed by atoms with Gasteiger partial charge in [-0.2, -0.15) is 0 Å². The summed E-state index contributed by atoms with van der Waals surface area (Å²) in [6.45, 7) is -0.0313. The molecule has 294 valence electrons. The van der Waals surface area contributed by atoms with Crippen LogP contribution in [0.2, 0.25) is 0 Å². The van der Waals surface area contributed by atoms with Crippen molar-refractivity contribution >= 4 is 62.0 Å². The third-order valence-electron chi connectivity index (χ3n) is 12.9. The van der Waals surface area contributed by atoms with Gasteiger partial charge in [-0.15, -0.1) is 0 Å². The smallest absolute Gasteiger partial charge is 0.248 e. The number of hydrogen-bond donors (Lipinski definition) is 0. The summed E-state index contributed by atoms with van der Waals surface area (Å²) in [5.41, 5.74) is 20.7. The Morgan fingerprint density at radius 3 is 1.16 bits per heavy atom. The molecule has 0 amide bonds. The van der Waals surface area contributed by atoms with Crippen molar-refractivity contribution in [3.63, 3.8) is 0 Å².